The molecule has 0 radical (unpaired) electrons. The van der Waals surface area contributed by atoms with E-state index in [1.807, 2.05) is 6.92 Å². The van der Waals surface area contributed by atoms with E-state index < -0.39 is 0 Å². The van der Waals surface area contributed by atoms with Crippen LogP contribution in [0.15, 0.2) is 0 Å². The van der Waals surface area contributed by atoms with E-state index in [1.165, 1.54) is 0 Å². The molecule has 0 rings (SSSR count). The molecule has 0 aromatic heterocycles. The molecule has 3 heteroatoms. The number of rotatable bonds is 3. The van der Waals surface area contributed by atoms with Crippen LogP contribution in [0.1, 0.15) is 6.92 Å². The van der Waals surface area contributed by atoms with Crippen LogP contribution in [0.5, 0.6) is 0 Å². The minimum Gasteiger partial charge on any atom is -0.464 e. The van der Waals surface area contributed by atoms with Crippen molar-refractivity contribution in [3.63, 3.8) is 0 Å². The first-order valence-electron chi connectivity index (χ1n) is 1.96. The van der Waals surface area contributed by atoms with Crippen LogP contribution in [0.4, 0.5) is 0 Å². The molecule has 0 saturated carbocycles. The number of hydrogen-bond donors (Lipinski definition) is 0. The summed E-state index contributed by atoms with van der Waals surface area (Å²) in [5.74, 6) is 0. The summed E-state index contributed by atoms with van der Waals surface area (Å²) in [6.07, 6.45) is -0.00231. The molecule has 7 heavy (non-hydrogen) atoms. The zero-order valence-electron chi connectivity index (χ0n) is 4.06. The minimum absolute atomic E-state index is 0.00231. The normalized spacial score (nSPS) is 12.9. The lowest BCUT2D eigenvalue weighted by molar-refractivity contribution is -0.131. The lowest BCUT2D eigenvalue weighted by Crippen LogP contribution is -2.06. The van der Waals surface area contributed by atoms with Crippen molar-refractivity contribution in [2.24, 2.45) is 0 Å². The van der Waals surface area contributed by atoms with Gasteiger partial charge in [-0.25, -0.2) is 0 Å². The second-order valence-electron chi connectivity index (χ2n) is 1.20. The Kier molecular flexibility index (Phi) is 4.09. The van der Waals surface area contributed by atoms with E-state index in [-0.39, 0.29) is 6.10 Å². The standard InChI is InChI=1S/C4H7BrO2/c1-4(2-5)7-3-6/h3-4H,2H2,1H3. The van der Waals surface area contributed by atoms with Gasteiger partial charge < -0.3 is 4.74 Å². The topological polar surface area (TPSA) is 26.3 Å². The molecule has 0 fully saturated rings. The number of hydrogen-bond acceptors (Lipinski definition) is 2. The van der Waals surface area contributed by atoms with Crippen LogP contribution in [0, 0.1) is 0 Å². The van der Waals surface area contributed by atoms with Crippen LogP contribution < -0.4 is 0 Å². The van der Waals surface area contributed by atoms with E-state index in [2.05, 4.69) is 20.7 Å². The van der Waals surface area contributed by atoms with Crippen molar-refractivity contribution >= 4 is 22.4 Å². The molecule has 0 amide bonds. The molecule has 0 aromatic carbocycles. The molecule has 0 heterocycles. The van der Waals surface area contributed by atoms with Gasteiger partial charge in [0.1, 0.15) is 6.10 Å². The smallest absolute Gasteiger partial charge is 0.293 e. The second kappa shape index (κ2) is 4.12. The van der Waals surface area contributed by atoms with Gasteiger partial charge in [-0.05, 0) is 6.92 Å². The predicted octanol–water partition coefficient (Wildman–Crippen LogP) is 0.943. The van der Waals surface area contributed by atoms with Crippen LogP contribution in [0.25, 0.3) is 0 Å². The molecule has 0 aliphatic carbocycles. The van der Waals surface area contributed by atoms with Crippen molar-refractivity contribution in [2.45, 2.75) is 13.0 Å². The molecule has 0 bridgehead atoms. The Balaban J connectivity index is 2.98. The van der Waals surface area contributed by atoms with Gasteiger partial charge in [-0.2, -0.15) is 0 Å². The van der Waals surface area contributed by atoms with Crippen molar-refractivity contribution in [1.29, 1.82) is 0 Å². The fourth-order valence-corrected chi connectivity index (χ4v) is 0.284. The molecule has 0 N–H and O–H groups in total. The van der Waals surface area contributed by atoms with Crippen LogP contribution in [-0.4, -0.2) is 17.9 Å². The molecule has 0 saturated heterocycles. The maximum Gasteiger partial charge on any atom is 0.293 e. The van der Waals surface area contributed by atoms with Crippen molar-refractivity contribution in [3.05, 3.63) is 0 Å². The van der Waals surface area contributed by atoms with Gasteiger partial charge in [-0.15, -0.1) is 0 Å². The highest BCUT2D eigenvalue weighted by Crippen LogP contribution is 1.91. The van der Waals surface area contributed by atoms with Crippen LogP contribution in [0.3, 0.4) is 0 Å². The fourth-order valence-electron chi connectivity index (χ4n) is 0.131. The van der Waals surface area contributed by atoms with Crippen LogP contribution in [-0.2, 0) is 9.53 Å². The SMILES string of the molecule is CC(CBr)OC=O. The van der Waals surface area contributed by atoms with Crippen molar-refractivity contribution in [3.8, 4) is 0 Å². The van der Waals surface area contributed by atoms with Gasteiger partial charge in [0.05, 0.1) is 0 Å². The van der Waals surface area contributed by atoms with Gasteiger partial charge in [0.2, 0.25) is 0 Å². The predicted molar refractivity (Wildman–Crippen MR) is 30.4 cm³/mol. The molecule has 0 aliphatic heterocycles. The lowest BCUT2D eigenvalue weighted by atomic mass is 10.5. The van der Waals surface area contributed by atoms with Gasteiger partial charge in [0, 0.05) is 5.33 Å². The summed E-state index contributed by atoms with van der Waals surface area (Å²) in [4.78, 5) is 9.53. The molecule has 0 aliphatic rings. The van der Waals surface area contributed by atoms with E-state index >= 15 is 0 Å². The molecule has 0 aromatic rings. The molecule has 42 valence electrons. The Morgan fingerprint density at radius 2 is 2.57 bits per heavy atom. The average molecular weight is 167 g/mol. The first-order valence-corrected chi connectivity index (χ1v) is 3.08. The van der Waals surface area contributed by atoms with Crippen molar-refractivity contribution in [1.82, 2.24) is 0 Å². The van der Waals surface area contributed by atoms with Crippen molar-refractivity contribution < 1.29 is 9.53 Å². The average Bonchev–Trinajstić information content (AvgIpc) is 1.68. The number of carbonyl (C=O) groups is 1. The quantitative estimate of drug-likeness (QED) is 0.461. The highest BCUT2D eigenvalue weighted by Gasteiger charge is 1.93. The maximum atomic E-state index is 9.53. The summed E-state index contributed by atoms with van der Waals surface area (Å²) in [6, 6.07) is 0. The van der Waals surface area contributed by atoms with Gasteiger partial charge >= 0.3 is 0 Å². The molecule has 1 unspecified atom stereocenters. The molecule has 0 spiro atoms. The first kappa shape index (κ1) is 6.95. The third-order valence-corrected chi connectivity index (χ3v) is 1.42. The number of ether oxygens (including phenoxy) is 1. The van der Waals surface area contributed by atoms with Gasteiger partial charge in [0.25, 0.3) is 6.47 Å². The summed E-state index contributed by atoms with van der Waals surface area (Å²) >= 11 is 3.13. The number of alkyl halides is 1. The molecule has 2 nitrogen and oxygen atoms in total. The monoisotopic (exact) mass is 166 g/mol. The zero-order valence-corrected chi connectivity index (χ0v) is 5.64. The Morgan fingerprint density at radius 3 is 2.71 bits per heavy atom. The summed E-state index contributed by atoms with van der Waals surface area (Å²) in [7, 11) is 0. The lowest BCUT2D eigenvalue weighted by Gasteiger charge is -2.01. The molecule has 1 atom stereocenters. The van der Waals surface area contributed by atoms with Crippen LogP contribution >= 0.6 is 15.9 Å². The Labute approximate surface area is 51.0 Å². The number of carbonyl (C=O) groups excluding carboxylic acids is 1. The second-order valence-corrected chi connectivity index (χ2v) is 1.84. The summed E-state index contributed by atoms with van der Waals surface area (Å²) in [5.41, 5.74) is 0. The van der Waals surface area contributed by atoms with E-state index in [0.717, 1.165) is 0 Å². The van der Waals surface area contributed by atoms with Gasteiger partial charge in [-0.1, -0.05) is 15.9 Å². The zero-order chi connectivity index (χ0) is 5.70. The largest absolute Gasteiger partial charge is 0.464 e. The summed E-state index contributed by atoms with van der Waals surface area (Å²) in [5, 5.41) is 0.700. The first-order chi connectivity index (χ1) is 3.31. The minimum atomic E-state index is -0.00231. The van der Waals surface area contributed by atoms with Gasteiger partial charge in [-0.3, -0.25) is 4.79 Å². The highest BCUT2D eigenvalue weighted by atomic mass is 79.9. The molecular weight excluding hydrogens is 160 g/mol. The third kappa shape index (κ3) is 3.79. The van der Waals surface area contributed by atoms with E-state index in [4.69, 9.17) is 0 Å². The van der Waals surface area contributed by atoms with Crippen LogP contribution in [0.2, 0.25) is 0 Å². The van der Waals surface area contributed by atoms with E-state index in [1.54, 1.807) is 0 Å². The molecular formula is C4H7BrO2. The maximum absolute atomic E-state index is 9.53. The Hall–Kier alpha value is -0.0500. The highest BCUT2D eigenvalue weighted by molar-refractivity contribution is 9.09. The Bertz CT molecular complexity index is 55.7. The van der Waals surface area contributed by atoms with Gasteiger partial charge in [0.15, 0.2) is 0 Å². The van der Waals surface area contributed by atoms with E-state index in [0.29, 0.717) is 11.8 Å². The fraction of sp³-hybridized carbons (Fsp3) is 0.750. The summed E-state index contributed by atoms with van der Waals surface area (Å²) < 4.78 is 4.46. The number of halogens is 1. The third-order valence-electron chi connectivity index (χ3n) is 0.505. The van der Waals surface area contributed by atoms with E-state index in [9.17, 15) is 4.79 Å². The van der Waals surface area contributed by atoms with Crippen molar-refractivity contribution in [2.75, 3.05) is 5.33 Å². The Morgan fingerprint density at radius 1 is 2.00 bits per heavy atom. The summed E-state index contributed by atoms with van der Waals surface area (Å²) in [6.45, 7) is 2.26.